The van der Waals surface area contributed by atoms with E-state index in [0.717, 1.165) is 4.47 Å². The highest BCUT2D eigenvalue weighted by Crippen LogP contribution is 2.25. The second-order valence-electron chi connectivity index (χ2n) is 3.69. The van der Waals surface area contributed by atoms with Crippen molar-refractivity contribution in [3.8, 4) is 0 Å². The molecule has 1 unspecified atom stereocenters. The average Bonchev–Trinajstić information content (AvgIpc) is 2.13. The summed E-state index contributed by atoms with van der Waals surface area (Å²) in [6, 6.07) is 8.88. The van der Waals surface area contributed by atoms with Crippen LogP contribution in [0.4, 0.5) is 0 Å². The fraction of sp³-hybridized carbons (Fsp3) is 0.455. The molecule has 0 aliphatic carbocycles. The van der Waals surface area contributed by atoms with E-state index < -0.39 is 0 Å². The van der Waals surface area contributed by atoms with Gasteiger partial charge in [-0.3, -0.25) is 4.90 Å². The van der Waals surface area contributed by atoms with Crippen LogP contribution in [0.5, 0.6) is 0 Å². The van der Waals surface area contributed by atoms with Gasteiger partial charge in [-0.05, 0) is 24.1 Å². The molecule has 0 bridgehead atoms. The molecule has 2 nitrogen and oxygen atoms in total. The van der Waals surface area contributed by atoms with E-state index in [4.69, 9.17) is 5.73 Å². The summed E-state index contributed by atoms with van der Waals surface area (Å²) in [5.41, 5.74) is 7.13. The predicted octanol–water partition coefficient (Wildman–Crippen LogP) is 2.15. The van der Waals surface area contributed by atoms with E-state index in [1.807, 2.05) is 0 Å². The predicted molar refractivity (Wildman–Crippen MR) is 62.1 cm³/mol. The van der Waals surface area contributed by atoms with E-state index in [9.17, 15) is 0 Å². The molecule has 0 spiro atoms. The van der Waals surface area contributed by atoms with Crippen LogP contribution >= 0.6 is 15.9 Å². The molecule has 14 heavy (non-hydrogen) atoms. The SMILES string of the molecule is NCC(c1ccc(Br)cc1)N1CCC1. The van der Waals surface area contributed by atoms with Gasteiger partial charge in [-0.25, -0.2) is 0 Å². The number of hydrogen-bond acceptors (Lipinski definition) is 2. The molecule has 3 heteroatoms. The Morgan fingerprint density at radius 2 is 1.93 bits per heavy atom. The first-order valence-corrected chi connectivity index (χ1v) is 5.80. The smallest absolute Gasteiger partial charge is 0.0470 e. The standard InChI is InChI=1S/C11H15BrN2/c12-10-4-2-9(3-5-10)11(8-13)14-6-1-7-14/h2-5,11H,1,6-8,13H2. The quantitative estimate of drug-likeness (QED) is 0.896. The van der Waals surface area contributed by atoms with Gasteiger partial charge in [0.05, 0.1) is 0 Å². The summed E-state index contributed by atoms with van der Waals surface area (Å²) < 4.78 is 1.13. The maximum absolute atomic E-state index is 5.80. The van der Waals surface area contributed by atoms with E-state index in [0.29, 0.717) is 12.6 Å². The van der Waals surface area contributed by atoms with Gasteiger partial charge >= 0.3 is 0 Å². The van der Waals surface area contributed by atoms with Gasteiger partial charge in [-0.2, -0.15) is 0 Å². The molecule has 1 aromatic rings. The lowest BCUT2D eigenvalue weighted by molar-refractivity contribution is 0.122. The summed E-state index contributed by atoms with van der Waals surface area (Å²) in [6.45, 7) is 3.09. The maximum atomic E-state index is 5.80. The molecule has 2 N–H and O–H groups in total. The minimum absolute atomic E-state index is 0.414. The Hall–Kier alpha value is -0.380. The van der Waals surface area contributed by atoms with Gasteiger partial charge < -0.3 is 5.73 Å². The highest BCUT2D eigenvalue weighted by Gasteiger charge is 2.23. The van der Waals surface area contributed by atoms with Gasteiger partial charge in [0.2, 0.25) is 0 Å². The van der Waals surface area contributed by atoms with E-state index in [1.54, 1.807) is 0 Å². The molecule has 1 saturated heterocycles. The number of likely N-dealkylation sites (tertiary alicyclic amines) is 1. The normalized spacial score (nSPS) is 19.0. The molecule has 0 saturated carbocycles. The van der Waals surface area contributed by atoms with Crippen molar-refractivity contribution >= 4 is 15.9 Å². The van der Waals surface area contributed by atoms with Gasteiger partial charge in [0.25, 0.3) is 0 Å². The van der Waals surface area contributed by atoms with Crippen LogP contribution in [0.2, 0.25) is 0 Å². The van der Waals surface area contributed by atoms with Crippen molar-refractivity contribution < 1.29 is 0 Å². The monoisotopic (exact) mass is 254 g/mol. The van der Waals surface area contributed by atoms with Crippen LogP contribution in [0.25, 0.3) is 0 Å². The van der Waals surface area contributed by atoms with Crippen molar-refractivity contribution in [3.63, 3.8) is 0 Å². The first-order chi connectivity index (χ1) is 6.81. The number of halogens is 1. The third-order valence-corrected chi connectivity index (χ3v) is 3.34. The van der Waals surface area contributed by atoms with Crippen molar-refractivity contribution in [1.29, 1.82) is 0 Å². The Kier molecular flexibility index (Phi) is 3.21. The molecular formula is C11H15BrN2. The van der Waals surface area contributed by atoms with Gasteiger partial charge in [0, 0.05) is 30.1 Å². The molecule has 1 aliphatic rings. The molecule has 2 rings (SSSR count). The number of nitrogens with two attached hydrogens (primary N) is 1. The highest BCUT2D eigenvalue weighted by molar-refractivity contribution is 9.10. The molecule has 1 aliphatic heterocycles. The summed E-state index contributed by atoms with van der Waals surface area (Å²) >= 11 is 3.44. The number of nitrogens with zero attached hydrogens (tertiary/aromatic N) is 1. The number of hydrogen-bond donors (Lipinski definition) is 1. The zero-order valence-electron chi connectivity index (χ0n) is 8.12. The molecule has 76 valence electrons. The van der Waals surface area contributed by atoms with Crippen molar-refractivity contribution in [2.45, 2.75) is 12.5 Å². The summed E-state index contributed by atoms with van der Waals surface area (Å²) in [4.78, 5) is 2.43. The van der Waals surface area contributed by atoms with Gasteiger partial charge in [0.15, 0.2) is 0 Å². The van der Waals surface area contributed by atoms with E-state index in [2.05, 4.69) is 45.1 Å². The van der Waals surface area contributed by atoms with Crippen LogP contribution in [0, 0.1) is 0 Å². The van der Waals surface area contributed by atoms with Crippen molar-refractivity contribution in [2.24, 2.45) is 5.73 Å². The lowest BCUT2D eigenvalue weighted by atomic mass is 10.0. The Morgan fingerprint density at radius 1 is 1.29 bits per heavy atom. The van der Waals surface area contributed by atoms with E-state index in [-0.39, 0.29) is 0 Å². The summed E-state index contributed by atoms with van der Waals surface area (Å²) in [5, 5.41) is 0. The fourth-order valence-electron chi connectivity index (χ4n) is 1.83. The number of benzene rings is 1. The van der Waals surface area contributed by atoms with Gasteiger partial charge in [-0.1, -0.05) is 28.1 Å². The molecular weight excluding hydrogens is 240 g/mol. The van der Waals surface area contributed by atoms with E-state index >= 15 is 0 Å². The Labute approximate surface area is 93.2 Å². The first kappa shape index (κ1) is 10.1. The second-order valence-corrected chi connectivity index (χ2v) is 4.61. The van der Waals surface area contributed by atoms with Gasteiger partial charge in [-0.15, -0.1) is 0 Å². The van der Waals surface area contributed by atoms with Crippen LogP contribution < -0.4 is 5.73 Å². The third kappa shape index (κ3) is 2.00. The Balaban J connectivity index is 2.14. The molecule has 0 radical (unpaired) electrons. The summed E-state index contributed by atoms with van der Waals surface area (Å²) in [7, 11) is 0. The molecule has 1 aromatic carbocycles. The van der Waals surface area contributed by atoms with Crippen LogP contribution in [-0.2, 0) is 0 Å². The fourth-order valence-corrected chi connectivity index (χ4v) is 2.10. The van der Waals surface area contributed by atoms with Crippen LogP contribution in [-0.4, -0.2) is 24.5 Å². The van der Waals surface area contributed by atoms with Crippen LogP contribution in [0.1, 0.15) is 18.0 Å². The van der Waals surface area contributed by atoms with Crippen LogP contribution in [0.15, 0.2) is 28.7 Å². The Morgan fingerprint density at radius 3 is 2.36 bits per heavy atom. The lowest BCUT2D eigenvalue weighted by Crippen LogP contribution is -2.43. The minimum Gasteiger partial charge on any atom is -0.329 e. The largest absolute Gasteiger partial charge is 0.329 e. The Bertz CT molecular complexity index is 293. The molecule has 1 atom stereocenters. The second kappa shape index (κ2) is 4.43. The zero-order chi connectivity index (χ0) is 9.97. The molecule has 0 amide bonds. The zero-order valence-corrected chi connectivity index (χ0v) is 9.70. The van der Waals surface area contributed by atoms with Crippen molar-refractivity contribution in [2.75, 3.05) is 19.6 Å². The molecule has 1 heterocycles. The maximum Gasteiger partial charge on any atom is 0.0470 e. The molecule has 0 aromatic heterocycles. The van der Waals surface area contributed by atoms with Crippen molar-refractivity contribution in [3.05, 3.63) is 34.3 Å². The topological polar surface area (TPSA) is 29.3 Å². The minimum atomic E-state index is 0.414. The third-order valence-electron chi connectivity index (χ3n) is 2.81. The average molecular weight is 255 g/mol. The van der Waals surface area contributed by atoms with Crippen molar-refractivity contribution in [1.82, 2.24) is 4.90 Å². The highest BCUT2D eigenvalue weighted by atomic mass is 79.9. The lowest BCUT2D eigenvalue weighted by Gasteiger charge is -2.38. The summed E-state index contributed by atoms with van der Waals surface area (Å²) in [6.07, 6.45) is 1.31. The number of rotatable bonds is 3. The van der Waals surface area contributed by atoms with Gasteiger partial charge in [0.1, 0.15) is 0 Å². The summed E-state index contributed by atoms with van der Waals surface area (Å²) in [5.74, 6) is 0. The van der Waals surface area contributed by atoms with Crippen LogP contribution in [0.3, 0.4) is 0 Å². The first-order valence-electron chi connectivity index (χ1n) is 5.01. The molecule has 1 fully saturated rings. The van der Waals surface area contributed by atoms with E-state index in [1.165, 1.54) is 25.1 Å².